The highest BCUT2D eigenvalue weighted by molar-refractivity contribution is 9.10. The molecule has 0 aliphatic heterocycles. The number of aryl methyl sites for hydroxylation is 1. The largest absolute Gasteiger partial charge is 0.320 e. The van der Waals surface area contributed by atoms with E-state index in [1.54, 1.807) is 0 Å². The topological polar surface area (TPSA) is 42.7 Å². The molecule has 17 heavy (non-hydrogen) atoms. The third kappa shape index (κ3) is 2.92. The summed E-state index contributed by atoms with van der Waals surface area (Å²) in [5.74, 6) is 0. The summed E-state index contributed by atoms with van der Waals surface area (Å²) in [7, 11) is 1.96. The molecule has 0 aliphatic carbocycles. The number of hydrogen-bond acceptors (Lipinski definition) is 3. The summed E-state index contributed by atoms with van der Waals surface area (Å²) in [6.45, 7) is 1.00. The summed E-state index contributed by atoms with van der Waals surface area (Å²) in [6.07, 6.45) is 3.87. The average Bonchev–Trinajstić information content (AvgIpc) is 2.78. The van der Waals surface area contributed by atoms with E-state index in [4.69, 9.17) is 0 Å². The van der Waals surface area contributed by atoms with Gasteiger partial charge in [0.15, 0.2) is 0 Å². The molecule has 90 valence electrons. The van der Waals surface area contributed by atoms with Gasteiger partial charge in [0.2, 0.25) is 0 Å². The first kappa shape index (κ1) is 12.3. The Morgan fingerprint density at radius 1 is 1.35 bits per heavy atom. The van der Waals surface area contributed by atoms with Crippen molar-refractivity contribution in [3.63, 3.8) is 0 Å². The Labute approximate surface area is 109 Å². The van der Waals surface area contributed by atoms with Crippen molar-refractivity contribution in [1.29, 1.82) is 0 Å². The number of para-hydroxylation sites is 1. The van der Waals surface area contributed by atoms with Gasteiger partial charge in [-0.1, -0.05) is 17.3 Å². The number of benzene rings is 1. The fourth-order valence-electron chi connectivity index (χ4n) is 1.70. The van der Waals surface area contributed by atoms with Crippen molar-refractivity contribution in [2.75, 3.05) is 13.6 Å². The Bertz CT molecular complexity index is 481. The molecule has 1 heterocycles. The van der Waals surface area contributed by atoms with E-state index in [2.05, 4.69) is 31.6 Å². The second-order valence-corrected chi connectivity index (χ2v) is 4.65. The summed E-state index contributed by atoms with van der Waals surface area (Å²) in [5, 5.41) is 11.3. The van der Waals surface area contributed by atoms with Crippen LogP contribution in [0.3, 0.4) is 0 Å². The maximum Gasteiger partial charge on any atom is 0.0808 e. The molecule has 0 aliphatic rings. The minimum Gasteiger partial charge on any atom is -0.320 e. The number of hydrogen-bond donors (Lipinski definition) is 1. The molecular weight excluding hydrogens is 280 g/mol. The molecule has 0 spiro atoms. The second kappa shape index (κ2) is 5.93. The molecule has 0 unspecified atom stereocenters. The van der Waals surface area contributed by atoms with Crippen molar-refractivity contribution in [2.45, 2.75) is 12.8 Å². The van der Waals surface area contributed by atoms with Crippen molar-refractivity contribution in [2.24, 2.45) is 0 Å². The van der Waals surface area contributed by atoms with E-state index in [-0.39, 0.29) is 0 Å². The second-order valence-electron chi connectivity index (χ2n) is 3.80. The van der Waals surface area contributed by atoms with Crippen LogP contribution in [-0.2, 0) is 6.42 Å². The highest BCUT2D eigenvalue weighted by atomic mass is 79.9. The molecular formula is C12H15BrN4. The van der Waals surface area contributed by atoms with Crippen LogP contribution in [0.5, 0.6) is 0 Å². The quantitative estimate of drug-likeness (QED) is 0.860. The van der Waals surface area contributed by atoms with E-state index in [9.17, 15) is 0 Å². The van der Waals surface area contributed by atoms with Crippen LogP contribution < -0.4 is 5.32 Å². The zero-order valence-electron chi connectivity index (χ0n) is 9.73. The molecule has 0 amide bonds. The minimum atomic E-state index is 0.967. The summed E-state index contributed by atoms with van der Waals surface area (Å²) < 4.78 is 2.92. The predicted octanol–water partition coefficient (Wildman–Crippen LogP) is 2.18. The van der Waals surface area contributed by atoms with Gasteiger partial charge >= 0.3 is 0 Å². The first-order chi connectivity index (χ1) is 8.33. The van der Waals surface area contributed by atoms with Crippen LogP contribution in [0.2, 0.25) is 0 Å². The van der Waals surface area contributed by atoms with Gasteiger partial charge in [-0.15, -0.1) is 5.10 Å². The Kier molecular flexibility index (Phi) is 4.28. The number of halogens is 1. The van der Waals surface area contributed by atoms with E-state index in [0.29, 0.717) is 0 Å². The fourth-order valence-corrected chi connectivity index (χ4v) is 2.15. The van der Waals surface area contributed by atoms with Gasteiger partial charge in [-0.05, 0) is 54.5 Å². The third-order valence-electron chi connectivity index (χ3n) is 2.56. The van der Waals surface area contributed by atoms with Gasteiger partial charge in [-0.3, -0.25) is 0 Å². The fraction of sp³-hybridized carbons (Fsp3) is 0.333. The van der Waals surface area contributed by atoms with Crippen LogP contribution in [0.25, 0.3) is 5.69 Å². The van der Waals surface area contributed by atoms with Crippen LogP contribution in [0.4, 0.5) is 0 Å². The highest BCUT2D eigenvalue weighted by Gasteiger charge is 2.08. The maximum absolute atomic E-state index is 4.14. The number of aromatic nitrogens is 3. The summed E-state index contributed by atoms with van der Waals surface area (Å²) in [4.78, 5) is 0. The molecule has 4 nitrogen and oxygen atoms in total. The number of nitrogens with zero attached hydrogens (tertiary/aromatic N) is 3. The van der Waals surface area contributed by atoms with E-state index in [1.165, 1.54) is 0 Å². The Hall–Kier alpha value is -1.20. The van der Waals surface area contributed by atoms with Crippen LogP contribution in [0.1, 0.15) is 12.1 Å². The summed E-state index contributed by atoms with van der Waals surface area (Å²) in [6, 6.07) is 8.03. The molecule has 1 N–H and O–H groups in total. The predicted molar refractivity (Wildman–Crippen MR) is 71.3 cm³/mol. The van der Waals surface area contributed by atoms with Gasteiger partial charge in [-0.2, -0.15) is 0 Å². The minimum absolute atomic E-state index is 0.967. The first-order valence-electron chi connectivity index (χ1n) is 5.62. The molecule has 0 bridgehead atoms. The van der Waals surface area contributed by atoms with Gasteiger partial charge in [0.05, 0.1) is 17.6 Å². The zero-order chi connectivity index (χ0) is 12.1. The van der Waals surface area contributed by atoms with E-state index < -0.39 is 0 Å². The Balaban J connectivity index is 2.22. The normalized spacial score (nSPS) is 10.7. The molecule has 1 aromatic carbocycles. The molecule has 5 heteroatoms. The molecule has 0 fully saturated rings. The molecule has 0 radical (unpaired) electrons. The number of rotatable bonds is 5. The lowest BCUT2D eigenvalue weighted by atomic mass is 10.2. The smallest absolute Gasteiger partial charge is 0.0808 e. The Morgan fingerprint density at radius 3 is 2.94 bits per heavy atom. The first-order valence-corrected chi connectivity index (χ1v) is 6.41. The van der Waals surface area contributed by atoms with Crippen molar-refractivity contribution in [3.05, 3.63) is 40.6 Å². The van der Waals surface area contributed by atoms with Gasteiger partial charge < -0.3 is 5.32 Å². The van der Waals surface area contributed by atoms with Gasteiger partial charge in [0.25, 0.3) is 0 Å². The lowest BCUT2D eigenvalue weighted by Crippen LogP contribution is -2.10. The SMILES string of the molecule is CNCCCc1cnnn1-c1ccccc1Br. The third-order valence-corrected chi connectivity index (χ3v) is 3.23. The number of nitrogens with one attached hydrogen (secondary N) is 1. The molecule has 2 rings (SSSR count). The summed E-state index contributed by atoms with van der Waals surface area (Å²) in [5.41, 5.74) is 2.16. The van der Waals surface area contributed by atoms with Gasteiger partial charge in [0, 0.05) is 4.47 Å². The van der Waals surface area contributed by atoms with E-state index in [0.717, 1.165) is 35.2 Å². The average molecular weight is 295 g/mol. The molecule has 0 saturated heterocycles. The zero-order valence-corrected chi connectivity index (χ0v) is 11.3. The van der Waals surface area contributed by atoms with Gasteiger partial charge in [-0.25, -0.2) is 4.68 Å². The van der Waals surface area contributed by atoms with E-state index >= 15 is 0 Å². The lowest BCUT2D eigenvalue weighted by Gasteiger charge is -2.07. The maximum atomic E-state index is 4.14. The Morgan fingerprint density at radius 2 is 2.18 bits per heavy atom. The van der Waals surface area contributed by atoms with Crippen LogP contribution in [-0.4, -0.2) is 28.6 Å². The van der Waals surface area contributed by atoms with Crippen molar-refractivity contribution in [3.8, 4) is 5.69 Å². The van der Waals surface area contributed by atoms with E-state index in [1.807, 2.05) is 42.2 Å². The van der Waals surface area contributed by atoms with Crippen molar-refractivity contribution < 1.29 is 0 Å². The van der Waals surface area contributed by atoms with Crippen LogP contribution in [0.15, 0.2) is 34.9 Å². The monoisotopic (exact) mass is 294 g/mol. The summed E-state index contributed by atoms with van der Waals surface area (Å²) >= 11 is 3.53. The standard InChI is InChI=1S/C12H15BrN4/c1-14-8-4-5-10-9-15-16-17(10)12-7-3-2-6-11(12)13/h2-3,6-7,9,14H,4-5,8H2,1H3. The van der Waals surface area contributed by atoms with Crippen molar-refractivity contribution in [1.82, 2.24) is 20.3 Å². The van der Waals surface area contributed by atoms with Gasteiger partial charge in [0.1, 0.15) is 0 Å². The van der Waals surface area contributed by atoms with Crippen LogP contribution in [0, 0.1) is 0 Å². The molecule has 0 atom stereocenters. The van der Waals surface area contributed by atoms with Crippen LogP contribution >= 0.6 is 15.9 Å². The molecule has 1 aromatic heterocycles. The molecule has 2 aromatic rings. The lowest BCUT2D eigenvalue weighted by molar-refractivity contribution is 0.686. The van der Waals surface area contributed by atoms with Crippen molar-refractivity contribution >= 4 is 15.9 Å². The highest BCUT2D eigenvalue weighted by Crippen LogP contribution is 2.21. The molecule has 0 saturated carbocycles.